The highest BCUT2D eigenvalue weighted by Gasteiger charge is 2.34. The molecule has 116 valence electrons. The van der Waals surface area contributed by atoms with Gasteiger partial charge in [0.2, 0.25) is 5.91 Å². The Morgan fingerprint density at radius 3 is 2.95 bits per heavy atom. The van der Waals surface area contributed by atoms with E-state index in [1.807, 2.05) is 30.8 Å². The van der Waals surface area contributed by atoms with Crippen molar-refractivity contribution in [3.8, 4) is 0 Å². The second kappa shape index (κ2) is 8.39. The van der Waals surface area contributed by atoms with Crippen molar-refractivity contribution in [3.05, 3.63) is 23.9 Å². The van der Waals surface area contributed by atoms with Gasteiger partial charge in [0.1, 0.15) is 5.82 Å². The van der Waals surface area contributed by atoms with Gasteiger partial charge < -0.3 is 10.6 Å². The molecule has 0 unspecified atom stereocenters. The van der Waals surface area contributed by atoms with Gasteiger partial charge in [-0.25, -0.2) is 4.98 Å². The van der Waals surface area contributed by atoms with E-state index in [0.29, 0.717) is 11.9 Å². The molecular weight excluding hydrogens is 282 g/mol. The third kappa shape index (κ3) is 5.32. The minimum absolute atomic E-state index is 0.103. The number of pyridine rings is 1. The first kappa shape index (κ1) is 16.3. The van der Waals surface area contributed by atoms with Crippen LogP contribution in [0.3, 0.4) is 0 Å². The second-order valence-electron chi connectivity index (χ2n) is 5.64. The smallest absolute Gasteiger partial charge is 0.228 e. The van der Waals surface area contributed by atoms with Gasteiger partial charge in [-0.05, 0) is 49.6 Å². The molecule has 0 bridgehead atoms. The number of carbonyl (C=O) groups excluding carboxylic acids is 1. The van der Waals surface area contributed by atoms with Crippen molar-refractivity contribution in [2.75, 3.05) is 23.4 Å². The monoisotopic (exact) mass is 307 g/mol. The van der Waals surface area contributed by atoms with Crippen LogP contribution in [-0.2, 0) is 4.79 Å². The molecule has 0 spiro atoms. The zero-order chi connectivity index (χ0) is 15.1. The molecule has 1 amide bonds. The Morgan fingerprint density at radius 2 is 2.24 bits per heavy atom. The third-order valence-electron chi connectivity index (χ3n) is 3.70. The number of anilines is 1. The summed E-state index contributed by atoms with van der Waals surface area (Å²) >= 11 is 1.99. The molecule has 0 radical (unpaired) electrons. The Morgan fingerprint density at radius 1 is 1.43 bits per heavy atom. The van der Waals surface area contributed by atoms with Crippen molar-refractivity contribution in [2.24, 2.45) is 5.92 Å². The molecule has 2 rings (SSSR count). The number of hydrogen-bond acceptors (Lipinski definition) is 4. The summed E-state index contributed by atoms with van der Waals surface area (Å²) in [5.41, 5.74) is 1.11. The van der Waals surface area contributed by atoms with E-state index >= 15 is 0 Å². The topological polar surface area (TPSA) is 54.0 Å². The van der Waals surface area contributed by atoms with Crippen molar-refractivity contribution in [3.63, 3.8) is 0 Å². The summed E-state index contributed by atoms with van der Waals surface area (Å²) in [5, 5.41) is 6.43. The molecule has 1 heterocycles. The zero-order valence-electron chi connectivity index (χ0n) is 12.9. The first-order valence-electron chi connectivity index (χ1n) is 7.73. The van der Waals surface area contributed by atoms with Crippen molar-refractivity contribution >= 4 is 23.5 Å². The minimum atomic E-state index is 0.103. The molecule has 0 saturated heterocycles. The van der Waals surface area contributed by atoms with Gasteiger partial charge in [-0.3, -0.25) is 4.79 Å². The van der Waals surface area contributed by atoms with Crippen LogP contribution in [0.1, 0.15) is 31.7 Å². The van der Waals surface area contributed by atoms with Crippen LogP contribution in [0, 0.1) is 12.8 Å². The highest BCUT2D eigenvalue weighted by atomic mass is 32.2. The number of hydrogen-bond donors (Lipinski definition) is 2. The molecule has 1 fully saturated rings. The van der Waals surface area contributed by atoms with Crippen LogP contribution in [-0.4, -0.2) is 35.0 Å². The van der Waals surface area contributed by atoms with E-state index in [-0.39, 0.29) is 11.8 Å². The summed E-state index contributed by atoms with van der Waals surface area (Å²) < 4.78 is 0. The van der Waals surface area contributed by atoms with Crippen LogP contribution in [0.25, 0.3) is 0 Å². The van der Waals surface area contributed by atoms with Crippen LogP contribution in [0.4, 0.5) is 5.82 Å². The summed E-state index contributed by atoms with van der Waals surface area (Å²) in [6.07, 6.45) is 4.85. The molecule has 0 aromatic carbocycles. The largest absolute Gasteiger partial charge is 0.313 e. The molecule has 2 N–H and O–H groups in total. The summed E-state index contributed by atoms with van der Waals surface area (Å²) in [6, 6.07) is 4.33. The molecule has 4 nitrogen and oxygen atoms in total. The Labute approximate surface area is 131 Å². The van der Waals surface area contributed by atoms with Gasteiger partial charge in [0, 0.05) is 30.5 Å². The van der Waals surface area contributed by atoms with Gasteiger partial charge in [0.15, 0.2) is 0 Å². The molecule has 1 aliphatic rings. The summed E-state index contributed by atoms with van der Waals surface area (Å²) in [7, 11) is 0. The predicted molar refractivity (Wildman–Crippen MR) is 89.7 cm³/mol. The van der Waals surface area contributed by atoms with E-state index in [1.165, 1.54) is 12.2 Å². The van der Waals surface area contributed by atoms with Gasteiger partial charge in [0.25, 0.3) is 0 Å². The average Bonchev–Trinajstić information content (AvgIpc) is 2.40. The second-order valence-corrected chi connectivity index (χ2v) is 6.86. The van der Waals surface area contributed by atoms with Crippen molar-refractivity contribution in [2.45, 2.75) is 39.2 Å². The number of amides is 1. The summed E-state index contributed by atoms with van der Waals surface area (Å²) in [4.78, 5) is 16.3. The van der Waals surface area contributed by atoms with Crippen LogP contribution in [0.5, 0.6) is 0 Å². The predicted octanol–water partition coefficient (Wildman–Crippen LogP) is 2.84. The number of nitrogens with zero attached hydrogens (tertiary/aromatic N) is 1. The van der Waals surface area contributed by atoms with E-state index in [9.17, 15) is 4.79 Å². The van der Waals surface area contributed by atoms with Crippen LogP contribution in [0.2, 0.25) is 0 Å². The molecule has 21 heavy (non-hydrogen) atoms. The van der Waals surface area contributed by atoms with Gasteiger partial charge in [-0.2, -0.15) is 11.8 Å². The lowest BCUT2D eigenvalue weighted by Gasteiger charge is -2.34. The molecule has 5 heteroatoms. The first-order chi connectivity index (χ1) is 10.2. The fourth-order valence-corrected chi connectivity index (χ4v) is 3.17. The molecule has 0 atom stereocenters. The molecule has 1 aromatic rings. The lowest BCUT2D eigenvalue weighted by molar-refractivity contribution is -0.122. The Bertz CT molecular complexity index is 461. The van der Waals surface area contributed by atoms with Gasteiger partial charge in [-0.1, -0.05) is 6.92 Å². The van der Waals surface area contributed by atoms with Crippen molar-refractivity contribution < 1.29 is 4.79 Å². The third-order valence-corrected chi connectivity index (χ3v) is 4.89. The van der Waals surface area contributed by atoms with Gasteiger partial charge in [-0.15, -0.1) is 0 Å². The minimum Gasteiger partial charge on any atom is -0.313 e. The standard InChI is InChI=1S/C16H25N3OS/c1-3-7-21-8-6-17-14-10-13(11-14)16(20)19-15-9-12(2)4-5-18-15/h4-5,9,13-14,17H,3,6-8,10-11H2,1-2H3,(H,18,19,20). The molecule has 1 aromatic heterocycles. The molecular formula is C16H25N3OS. The first-order valence-corrected chi connectivity index (χ1v) is 8.89. The van der Waals surface area contributed by atoms with Crippen molar-refractivity contribution in [1.29, 1.82) is 0 Å². The Balaban J connectivity index is 1.61. The van der Waals surface area contributed by atoms with E-state index in [1.54, 1.807) is 6.20 Å². The quantitative estimate of drug-likeness (QED) is 0.725. The lowest BCUT2D eigenvalue weighted by atomic mass is 9.79. The van der Waals surface area contributed by atoms with Crippen LogP contribution < -0.4 is 10.6 Å². The highest BCUT2D eigenvalue weighted by molar-refractivity contribution is 7.99. The van der Waals surface area contributed by atoms with E-state index in [0.717, 1.165) is 30.7 Å². The number of thioether (sulfide) groups is 1. The Kier molecular flexibility index (Phi) is 6.51. The fourth-order valence-electron chi connectivity index (χ4n) is 2.41. The number of aryl methyl sites for hydroxylation is 1. The molecule has 1 saturated carbocycles. The fraction of sp³-hybridized carbons (Fsp3) is 0.625. The number of rotatable bonds is 8. The maximum Gasteiger partial charge on any atom is 0.228 e. The highest BCUT2D eigenvalue weighted by Crippen LogP contribution is 2.28. The summed E-state index contributed by atoms with van der Waals surface area (Å²) in [5.74, 6) is 3.29. The van der Waals surface area contributed by atoms with E-state index < -0.39 is 0 Å². The summed E-state index contributed by atoms with van der Waals surface area (Å²) in [6.45, 7) is 5.25. The molecule has 0 aliphatic heterocycles. The van der Waals surface area contributed by atoms with Gasteiger partial charge >= 0.3 is 0 Å². The Hall–Kier alpha value is -1.07. The maximum absolute atomic E-state index is 12.1. The lowest BCUT2D eigenvalue weighted by Crippen LogP contribution is -2.46. The SMILES string of the molecule is CCCSCCNC1CC(C(=O)Nc2cc(C)ccn2)C1. The molecule has 1 aliphatic carbocycles. The van der Waals surface area contributed by atoms with E-state index in [4.69, 9.17) is 0 Å². The number of aromatic nitrogens is 1. The van der Waals surface area contributed by atoms with Crippen molar-refractivity contribution in [1.82, 2.24) is 10.3 Å². The number of nitrogens with one attached hydrogen (secondary N) is 2. The van der Waals surface area contributed by atoms with E-state index in [2.05, 4.69) is 22.5 Å². The normalized spacial score (nSPS) is 20.9. The number of carbonyl (C=O) groups is 1. The van der Waals surface area contributed by atoms with Crippen LogP contribution in [0.15, 0.2) is 18.3 Å². The van der Waals surface area contributed by atoms with Crippen LogP contribution >= 0.6 is 11.8 Å². The maximum atomic E-state index is 12.1. The zero-order valence-corrected chi connectivity index (χ0v) is 13.7. The average molecular weight is 307 g/mol. The van der Waals surface area contributed by atoms with Gasteiger partial charge in [0.05, 0.1) is 0 Å².